The number of carbonyl (C=O) groups is 2. The summed E-state index contributed by atoms with van der Waals surface area (Å²) in [7, 11) is 0. The lowest BCUT2D eigenvalue weighted by Gasteiger charge is -2.29. The van der Waals surface area contributed by atoms with Gasteiger partial charge >= 0.3 is 12.1 Å². The molecule has 0 heterocycles. The van der Waals surface area contributed by atoms with Crippen LogP contribution in [0.4, 0.5) is 9.59 Å². The summed E-state index contributed by atoms with van der Waals surface area (Å²) in [5.41, 5.74) is 0. The summed E-state index contributed by atoms with van der Waals surface area (Å²) in [6, 6.07) is -2.02. The molecule has 0 aliphatic carbocycles. The molecule has 0 spiro atoms. The fourth-order valence-corrected chi connectivity index (χ4v) is 2.01. The van der Waals surface area contributed by atoms with E-state index in [-0.39, 0.29) is 34.9 Å². The third-order valence-electron chi connectivity index (χ3n) is 3.27. The Morgan fingerprint density at radius 1 is 0.786 bits per heavy atom. The van der Waals surface area contributed by atoms with Crippen LogP contribution in [-0.2, 0) is 0 Å². The van der Waals surface area contributed by atoms with Crippen molar-refractivity contribution in [3.05, 3.63) is 9.81 Å². The van der Waals surface area contributed by atoms with Gasteiger partial charge in [-0.05, 0) is 0 Å². The number of alkyl halides is 2. The fraction of sp³-hybridized carbons (Fsp3) is 0.833. The Kier molecular flexibility index (Phi) is 13.3. The topological polar surface area (TPSA) is 204 Å². The molecule has 0 aromatic carbocycles. The SMILES string of the molecule is O=NN(C[C@@H](O)[C@@H](O)[C@H](O)[C@H](O)CN(N=O)C(=O)NCCCl)C(=O)NCCCl. The molecule has 16 heteroatoms. The predicted molar refractivity (Wildman–Crippen MR) is 97.3 cm³/mol. The number of halogens is 2. The maximum atomic E-state index is 11.6. The summed E-state index contributed by atoms with van der Waals surface area (Å²) < 4.78 is 0. The molecule has 4 atom stereocenters. The molecule has 0 bridgehead atoms. The Labute approximate surface area is 169 Å². The van der Waals surface area contributed by atoms with Crippen LogP contribution in [0.1, 0.15) is 0 Å². The minimum atomic E-state index is -2.07. The smallest absolute Gasteiger partial charge is 0.340 e. The first-order valence-corrected chi connectivity index (χ1v) is 8.91. The van der Waals surface area contributed by atoms with E-state index in [2.05, 4.69) is 21.2 Å². The molecule has 0 aliphatic rings. The van der Waals surface area contributed by atoms with E-state index in [1.165, 1.54) is 0 Å². The summed E-state index contributed by atoms with van der Waals surface area (Å²) in [5.74, 6) is 0.0997. The minimum absolute atomic E-state index is 0.00666. The van der Waals surface area contributed by atoms with Gasteiger partial charge in [0, 0.05) is 24.8 Å². The van der Waals surface area contributed by atoms with Gasteiger partial charge in [-0.25, -0.2) is 9.59 Å². The third kappa shape index (κ3) is 8.90. The van der Waals surface area contributed by atoms with E-state index in [1.807, 2.05) is 0 Å². The number of urea groups is 2. The Bertz CT molecular complexity index is 475. The van der Waals surface area contributed by atoms with Gasteiger partial charge in [-0.1, -0.05) is 0 Å². The molecule has 0 aromatic rings. The highest BCUT2D eigenvalue weighted by atomic mass is 35.5. The number of aliphatic hydroxyl groups excluding tert-OH is 4. The van der Waals surface area contributed by atoms with E-state index in [9.17, 15) is 39.8 Å². The fourth-order valence-electron chi connectivity index (χ4n) is 1.82. The monoisotopic (exact) mass is 448 g/mol. The van der Waals surface area contributed by atoms with Crippen LogP contribution in [0, 0.1) is 9.81 Å². The van der Waals surface area contributed by atoms with Crippen LogP contribution in [0.25, 0.3) is 0 Å². The van der Waals surface area contributed by atoms with Crippen molar-refractivity contribution in [3.63, 3.8) is 0 Å². The first kappa shape index (κ1) is 26.2. The molecule has 6 N–H and O–H groups in total. The molecule has 0 fully saturated rings. The van der Waals surface area contributed by atoms with Crippen molar-refractivity contribution in [2.45, 2.75) is 24.4 Å². The van der Waals surface area contributed by atoms with Crippen molar-refractivity contribution in [1.82, 2.24) is 20.7 Å². The van der Waals surface area contributed by atoms with Gasteiger partial charge in [0.25, 0.3) is 0 Å². The Morgan fingerprint density at radius 3 is 1.36 bits per heavy atom. The molecular weight excluding hydrogens is 427 g/mol. The highest BCUT2D eigenvalue weighted by Gasteiger charge is 2.34. The molecule has 0 saturated carbocycles. The highest BCUT2D eigenvalue weighted by molar-refractivity contribution is 6.18. The van der Waals surface area contributed by atoms with Crippen molar-refractivity contribution < 1.29 is 30.0 Å². The average Bonchev–Trinajstić information content (AvgIpc) is 2.70. The van der Waals surface area contributed by atoms with Gasteiger partial charge < -0.3 is 31.1 Å². The number of amides is 4. The number of rotatable bonds is 13. The van der Waals surface area contributed by atoms with E-state index >= 15 is 0 Å². The number of carbonyl (C=O) groups excluding carboxylic acids is 2. The summed E-state index contributed by atoms with van der Waals surface area (Å²) in [5, 5.41) is 49.1. The van der Waals surface area contributed by atoms with Gasteiger partial charge in [0.15, 0.2) is 0 Å². The Balaban J connectivity index is 4.80. The number of hydrogen-bond donors (Lipinski definition) is 6. The zero-order valence-electron chi connectivity index (χ0n) is 14.5. The third-order valence-corrected chi connectivity index (χ3v) is 3.64. The minimum Gasteiger partial charge on any atom is -0.388 e. The predicted octanol–water partition coefficient (Wildman–Crippen LogP) is -1.71. The molecule has 14 nitrogen and oxygen atoms in total. The number of nitrogens with zero attached hydrogens (tertiary/aromatic N) is 4. The molecule has 0 rings (SSSR count). The van der Waals surface area contributed by atoms with E-state index < -0.39 is 49.6 Å². The number of hydrogen-bond acceptors (Lipinski definition) is 10. The lowest BCUT2D eigenvalue weighted by molar-refractivity contribution is -0.111. The largest absolute Gasteiger partial charge is 0.388 e. The zero-order valence-corrected chi connectivity index (χ0v) is 16.0. The molecule has 0 aliphatic heterocycles. The zero-order chi connectivity index (χ0) is 21.7. The van der Waals surface area contributed by atoms with Crippen LogP contribution >= 0.6 is 23.2 Å². The van der Waals surface area contributed by atoms with Crippen molar-refractivity contribution in [2.24, 2.45) is 10.6 Å². The lowest BCUT2D eigenvalue weighted by atomic mass is 10.0. The number of aliphatic hydroxyl groups is 4. The summed E-state index contributed by atoms with van der Waals surface area (Å²) in [4.78, 5) is 44.6. The van der Waals surface area contributed by atoms with Crippen LogP contribution in [0.15, 0.2) is 10.6 Å². The molecule has 0 saturated heterocycles. The lowest BCUT2D eigenvalue weighted by Crippen LogP contribution is -2.53. The Hall–Kier alpha value is -1.84. The maximum Gasteiger partial charge on any atom is 0.340 e. The van der Waals surface area contributed by atoms with E-state index in [0.29, 0.717) is 0 Å². The van der Waals surface area contributed by atoms with Crippen LogP contribution < -0.4 is 10.6 Å². The maximum absolute atomic E-state index is 11.6. The molecule has 162 valence electrons. The van der Waals surface area contributed by atoms with E-state index in [1.54, 1.807) is 0 Å². The van der Waals surface area contributed by atoms with Crippen molar-refractivity contribution in [2.75, 3.05) is 37.9 Å². The molecule has 0 aromatic heterocycles. The van der Waals surface area contributed by atoms with Gasteiger partial charge in [0.05, 0.1) is 23.7 Å². The van der Waals surface area contributed by atoms with Crippen molar-refractivity contribution >= 4 is 35.3 Å². The second kappa shape index (κ2) is 14.2. The van der Waals surface area contributed by atoms with E-state index in [0.717, 1.165) is 0 Å². The van der Waals surface area contributed by atoms with E-state index in [4.69, 9.17) is 23.2 Å². The van der Waals surface area contributed by atoms with Gasteiger partial charge in [-0.3, -0.25) is 0 Å². The first-order valence-electron chi connectivity index (χ1n) is 7.84. The molecule has 0 unspecified atom stereocenters. The number of nitroso groups, excluding NO2 is 2. The number of nitrogens with one attached hydrogen (secondary N) is 2. The van der Waals surface area contributed by atoms with Crippen molar-refractivity contribution in [3.8, 4) is 0 Å². The molecular formula is C12H22Cl2N6O8. The first-order chi connectivity index (χ1) is 13.2. The summed E-state index contributed by atoms with van der Waals surface area (Å²) in [6.07, 6.45) is -7.96. The quantitative estimate of drug-likeness (QED) is 0.108. The molecule has 0 radical (unpaired) electrons. The van der Waals surface area contributed by atoms with Gasteiger partial charge in [0.2, 0.25) is 0 Å². The standard InChI is InChI=1S/C12H22Cl2N6O8/c13-1-3-15-11(25)19(17-27)5-7(21)9(23)10(24)8(22)6-20(18-28)12(26)16-4-2-14/h7-10,21-24H,1-6H2,(H,15,25)(H,16,26)/t7-,8-,9-,10-/m1/s1. The highest BCUT2D eigenvalue weighted by Crippen LogP contribution is 2.09. The second-order valence-corrected chi connectivity index (χ2v) is 6.04. The normalized spacial score (nSPS) is 14.9. The van der Waals surface area contributed by atoms with Crippen molar-refractivity contribution in [1.29, 1.82) is 0 Å². The van der Waals surface area contributed by atoms with Crippen LogP contribution in [-0.4, -0.2) is 105 Å². The summed E-state index contributed by atoms with van der Waals surface area (Å²) >= 11 is 10.7. The van der Waals surface area contributed by atoms with Crippen LogP contribution in [0.5, 0.6) is 0 Å². The van der Waals surface area contributed by atoms with Crippen LogP contribution in [0.2, 0.25) is 0 Å². The van der Waals surface area contributed by atoms with Gasteiger partial charge in [-0.2, -0.15) is 10.0 Å². The summed E-state index contributed by atoms with van der Waals surface area (Å²) in [6.45, 7) is -1.64. The molecule has 4 amide bonds. The Morgan fingerprint density at radius 2 is 1.11 bits per heavy atom. The molecule has 28 heavy (non-hydrogen) atoms. The second-order valence-electron chi connectivity index (χ2n) is 5.29. The van der Waals surface area contributed by atoms with Gasteiger partial charge in [0.1, 0.15) is 24.4 Å². The van der Waals surface area contributed by atoms with Gasteiger partial charge in [-0.15, -0.1) is 33.0 Å². The average molecular weight is 449 g/mol. The van der Waals surface area contributed by atoms with Crippen LogP contribution in [0.3, 0.4) is 0 Å².